The molecule has 0 aromatic heterocycles. The molecule has 0 saturated carbocycles. The van der Waals surface area contributed by atoms with Gasteiger partial charge in [-0.1, -0.05) is 11.6 Å². The van der Waals surface area contributed by atoms with Gasteiger partial charge < -0.3 is 14.5 Å². The van der Waals surface area contributed by atoms with Crippen LogP contribution in [0.1, 0.15) is 22.3 Å². The third kappa shape index (κ3) is 4.45. The highest BCUT2D eigenvalue weighted by Crippen LogP contribution is 2.20. The summed E-state index contributed by atoms with van der Waals surface area (Å²) in [5.41, 5.74) is 1.64. The van der Waals surface area contributed by atoms with Gasteiger partial charge in [0.2, 0.25) is 0 Å². The van der Waals surface area contributed by atoms with Gasteiger partial charge in [-0.2, -0.15) is 0 Å². The zero-order valence-electron chi connectivity index (χ0n) is 13.6. The number of aryl methyl sites for hydroxylation is 1. The van der Waals surface area contributed by atoms with Gasteiger partial charge in [0.1, 0.15) is 0 Å². The van der Waals surface area contributed by atoms with Crippen molar-refractivity contribution in [2.45, 2.75) is 13.3 Å². The van der Waals surface area contributed by atoms with Gasteiger partial charge in [0, 0.05) is 44.4 Å². The fraction of sp³-hybridized carbons (Fsp3) is 0.588. The van der Waals surface area contributed by atoms with E-state index < -0.39 is 0 Å². The Labute approximate surface area is 138 Å². The van der Waals surface area contributed by atoms with E-state index in [1.807, 2.05) is 24.9 Å². The highest BCUT2D eigenvalue weighted by atomic mass is 35.5. The lowest BCUT2D eigenvalue weighted by Gasteiger charge is -2.22. The van der Waals surface area contributed by atoms with Gasteiger partial charge in [0.15, 0.2) is 0 Å². The monoisotopic (exact) mass is 324 g/mol. The molecular weight excluding hydrogens is 300 g/mol. The van der Waals surface area contributed by atoms with Crippen molar-refractivity contribution in [1.29, 1.82) is 0 Å². The number of nitrogens with zero attached hydrogens (tertiary/aromatic N) is 2. The van der Waals surface area contributed by atoms with E-state index in [0.717, 1.165) is 44.8 Å². The van der Waals surface area contributed by atoms with Crippen molar-refractivity contribution in [1.82, 2.24) is 9.80 Å². The topological polar surface area (TPSA) is 32.8 Å². The molecular formula is C17H25ClN2O2. The first-order chi connectivity index (χ1) is 10.5. The van der Waals surface area contributed by atoms with Gasteiger partial charge in [0.25, 0.3) is 5.91 Å². The van der Waals surface area contributed by atoms with E-state index in [4.69, 9.17) is 16.3 Å². The first-order valence-corrected chi connectivity index (χ1v) is 8.12. The van der Waals surface area contributed by atoms with Crippen molar-refractivity contribution in [2.24, 2.45) is 5.92 Å². The van der Waals surface area contributed by atoms with E-state index >= 15 is 0 Å². The van der Waals surface area contributed by atoms with Crippen LogP contribution >= 0.6 is 11.6 Å². The summed E-state index contributed by atoms with van der Waals surface area (Å²) in [7, 11) is 3.61. The first-order valence-electron chi connectivity index (χ1n) is 7.74. The van der Waals surface area contributed by atoms with Crippen LogP contribution in [-0.4, -0.2) is 62.7 Å². The maximum atomic E-state index is 12.5. The second kappa shape index (κ2) is 7.95. The molecule has 1 atom stereocenters. The second-order valence-electron chi connectivity index (χ2n) is 6.10. The molecule has 1 saturated heterocycles. The van der Waals surface area contributed by atoms with Crippen LogP contribution in [0.25, 0.3) is 0 Å². The first kappa shape index (κ1) is 17.3. The zero-order valence-corrected chi connectivity index (χ0v) is 14.4. The number of halogens is 1. The summed E-state index contributed by atoms with van der Waals surface area (Å²) >= 11 is 6.02. The fourth-order valence-electron chi connectivity index (χ4n) is 2.95. The van der Waals surface area contributed by atoms with Crippen LogP contribution in [0.15, 0.2) is 18.2 Å². The van der Waals surface area contributed by atoms with Crippen molar-refractivity contribution < 1.29 is 9.53 Å². The summed E-state index contributed by atoms with van der Waals surface area (Å²) in [5.74, 6) is 0.606. The molecule has 0 bridgehead atoms. The minimum Gasteiger partial charge on any atom is -0.383 e. The molecule has 1 heterocycles. The maximum Gasteiger partial charge on any atom is 0.253 e. The molecule has 0 radical (unpaired) electrons. The van der Waals surface area contributed by atoms with Crippen molar-refractivity contribution in [2.75, 3.05) is 46.9 Å². The van der Waals surface area contributed by atoms with E-state index in [1.54, 1.807) is 19.2 Å². The van der Waals surface area contributed by atoms with E-state index in [1.165, 1.54) is 0 Å². The summed E-state index contributed by atoms with van der Waals surface area (Å²) in [6, 6.07) is 5.45. The summed E-state index contributed by atoms with van der Waals surface area (Å²) in [4.78, 5) is 16.7. The number of carbonyl (C=O) groups is 1. The Morgan fingerprint density at radius 2 is 2.27 bits per heavy atom. The molecule has 1 amide bonds. The summed E-state index contributed by atoms with van der Waals surface area (Å²) in [5, 5.41) is 0.698. The number of rotatable bonds is 6. The molecule has 0 aliphatic carbocycles. The van der Waals surface area contributed by atoms with Gasteiger partial charge >= 0.3 is 0 Å². The average Bonchev–Trinajstić information content (AvgIpc) is 2.94. The normalized spacial score (nSPS) is 18.6. The zero-order chi connectivity index (χ0) is 16.1. The number of hydrogen-bond donors (Lipinski definition) is 0. The second-order valence-corrected chi connectivity index (χ2v) is 6.50. The largest absolute Gasteiger partial charge is 0.383 e. The molecule has 22 heavy (non-hydrogen) atoms. The number of hydrogen-bond acceptors (Lipinski definition) is 3. The maximum absolute atomic E-state index is 12.5. The molecule has 0 N–H and O–H groups in total. The van der Waals surface area contributed by atoms with Gasteiger partial charge in [-0.25, -0.2) is 0 Å². The molecule has 4 nitrogen and oxygen atoms in total. The van der Waals surface area contributed by atoms with Crippen LogP contribution in [0, 0.1) is 12.8 Å². The molecule has 1 aliphatic heterocycles. The molecule has 2 rings (SSSR count). The van der Waals surface area contributed by atoms with Crippen molar-refractivity contribution in [3.8, 4) is 0 Å². The lowest BCUT2D eigenvalue weighted by atomic mass is 10.1. The quantitative estimate of drug-likeness (QED) is 0.806. The highest BCUT2D eigenvalue weighted by Gasteiger charge is 2.25. The van der Waals surface area contributed by atoms with Gasteiger partial charge in [-0.15, -0.1) is 0 Å². The Hall–Kier alpha value is -1.10. The van der Waals surface area contributed by atoms with E-state index in [9.17, 15) is 4.79 Å². The minimum atomic E-state index is 0.0649. The molecule has 1 aromatic rings. The third-order valence-electron chi connectivity index (χ3n) is 4.27. The molecule has 1 fully saturated rings. The average molecular weight is 325 g/mol. The smallest absolute Gasteiger partial charge is 0.253 e. The molecule has 1 aromatic carbocycles. The van der Waals surface area contributed by atoms with Crippen LogP contribution in [-0.2, 0) is 4.74 Å². The SMILES string of the molecule is COCCN1CC[C@@H](CN(C)C(=O)c2ccc(Cl)c(C)c2)C1. The van der Waals surface area contributed by atoms with E-state index in [-0.39, 0.29) is 5.91 Å². The predicted octanol–water partition coefficient (Wildman–Crippen LogP) is 2.69. The van der Waals surface area contributed by atoms with Crippen molar-refractivity contribution >= 4 is 17.5 Å². The molecule has 0 spiro atoms. The Morgan fingerprint density at radius 1 is 1.50 bits per heavy atom. The third-order valence-corrected chi connectivity index (χ3v) is 4.69. The van der Waals surface area contributed by atoms with E-state index in [0.29, 0.717) is 16.5 Å². The predicted molar refractivity (Wildman–Crippen MR) is 89.6 cm³/mol. The number of likely N-dealkylation sites (tertiary alicyclic amines) is 1. The van der Waals surface area contributed by atoms with Crippen LogP contribution < -0.4 is 0 Å². The number of carbonyl (C=O) groups excluding carboxylic acids is 1. The molecule has 0 unspecified atom stereocenters. The van der Waals surface area contributed by atoms with E-state index in [2.05, 4.69) is 4.90 Å². The number of amides is 1. The van der Waals surface area contributed by atoms with Crippen LogP contribution in [0.2, 0.25) is 5.02 Å². The fourth-order valence-corrected chi connectivity index (χ4v) is 3.07. The molecule has 1 aliphatic rings. The van der Waals surface area contributed by atoms with Crippen LogP contribution in [0.3, 0.4) is 0 Å². The number of benzene rings is 1. The summed E-state index contributed by atoms with van der Waals surface area (Å²) < 4.78 is 5.12. The molecule has 122 valence electrons. The Bertz CT molecular complexity index is 521. The highest BCUT2D eigenvalue weighted by molar-refractivity contribution is 6.31. The van der Waals surface area contributed by atoms with Gasteiger partial charge in [0.05, 0.1) is 6.61 Å². The number of methoxy groups -OCH3 is 1. The minimum absolute atomic E-state index is 0.0649. The van der Waals surface area contributed by atoms with Gasteiger partial charge in [-0.05, 0) is 49.6 Å². The summed E-state index contributed by atoms with van der Waals surface area (Å²) in [6.45, 7) is 6.59. The van der Waals surface area contributed by atoms with Crippen LogP contribution in [0.4, 0.5) is 0 Å². The van der Waals surface area contributed by atoms with Crippen molar-refractivity contribution in [3.05, 3.63) is 34.3 Å². The Kier molecular flexibility index (Phi) is 6.24. The molecule has 5 heteroatoms. The standard InChI is InChI=1S/C17H25ClN2O2/c1-13-10-15(4-5-16(13)18)17(21)19(2)11-14-6-7-20(12-14)8-9-22-3/h4-5,10,14H,6-9,11-12H2,1-3H3/t14-/m0/s1. The van der Waals surface area contributed by atoms with Gasteiger partial charge in [-0.3, -0.25) is 4.79 Å². The Balaban J connectivity index is 1.88. The lowest BCUT2D eigenvalue weighted by molar-refractivity contribution is 0.0772. The number of ether oxygens (including phenoxy) is 1. The lowest BCUT2D eigenvalue weighted by Crippen LogP contribution is -2.33. The summed E-state index contributed by atoms with van der Waals surface area (Å²) in [6.07, 6.45) is 1.14. The van der Waals surface area contributed by atoms with Crippen molar-refractivity contribution in [3.63, 3.8) is 0 Å². The Morgan fingerprint density at radius 3 is 2.95 bits per heavy atom. The van der Waals surface area contributed by atoms with Crippen LogP contribution in [0.5, 0.6) is 0 Å².